The third kappa shape index (κ3) is 2.48. The zero-order chi connectivity index (χ0) is 14.0. The van der Waals surface area contributed by atoms with Crippen molar-refractivity contribution in [1.82, 2.24) is 4.98 Å². The molecular weight excluding hydrogens is 252 g/mol. The number of nitro groups is 1. The highest BCUT2D eigenvalue weighted by atomic mass is 16.6. The molecule has 8 heteroatoms. The number of amides is 1. The van der Waals surface area contributed by atoms with Crippen LogP contribution in [0.25, 0.3) is 0 Å². The maximum Gasteiger partial charge on any atom is 0.312 e. The largest absolute Gasteiger partial charge is 0.481 e. The van der Waals surface area contributed by atoms with Gasteiger partial charge in [-0.15, -0.1) is 0 Å². The molecule has 2 heterocycles. The number of ether oxygens (including phenoxy) is 1. The third-order valence-electron chi connectivity index (χ3n) is 3.03. The Hall–Kier alpha value is -2.22. The summed E-state index contributed by atoms with van der Waals surface area (Å²) < 4.78 is 4.94. The maximum absolute atomic E-state index is 11.9. The standard InChI is InChI=1S/C11H14N4O4/c1-19-9-3-2-8(15(17)18)11(13-9)14-6-7(5-12)4-10(14)16/h2-3,7H,4-6,12H2,1H3. The van der Waals surface area contributed by atoms with Crippen molar-refractivity contribution >= 4 is 17.4 Å². The van der Waals surface area contributed by atoms with Gasteiger partial charge in [0.25, 0.3) is 0 Å². The van der Waals surface area contributed by atoms with Crippen molar-refractivity contribution in [2.45, 2.75) is 6.42 Å². The quantitative estimate of drug-likeness (QED) is 0.620. The number of carbonyl (C=O) groups is 1. The second-order valence-electron chi connectivity index (χ2n) is 4.26. The Morgan fingerprint density at radius 1 is 1.63 bits per heavy atom. The van der Waals surface area contributed by atoms with Crippen LogP contribution in [-0.4, -0.2) is 36.0 Å². The fourth-order valence-corrected chi connectivity index (χ4v) is 2.02. The molecule has 0 radical (unpaired) electrons. The SMILES string of the molecule is COc1ccc([N+](=O)[O-])c(N2CC(CN)CC2=O)n1. The predicted octanol–water partition coefficient (Wildman–Crippen LogP) is 0.310. The molecule has 0 bridgehead atoms. The van der Waals surface area contributed by atoms with Gasteiger partial charge in [0.1, 0.15) is 0 Å². The lowest BCUT2D eigenvalue weighted by Crippen LogP contribution is -2.27. The topological polar surface area (TPSA) is 112 Å². The molecule has 1 unspecified atom stereocenters. The Morgan fingerprint density at radius 3 is 2.89 bits per heavy atom. The number of nitrogens with two attached hydrogens (primary N) is 1. The van der Waals surface area contributed by atoms with E-state index < -0.39 is 4.92 Å². The van der Waals surface area contributed by atoms with E-state index >= 15 is 0 Å². The molecule has 0 aromatic carbocycles. The van der Waals surface area contributed by atoms with Gasteiger partial charge in [-0.1, -0.05) is 0 Å². The van der Waals surface area contributed by atoms with E-state index in [1.54, 1.807) is 0 Å². The minimum atomic E-state index is -0.565. The van der Waals surface area contributed by atoms with E-state index in [9.17, 15) is 14.9 Å². The molecule has 0 saturated carbocycles. The van der Waals surface area contributed by atoms with E-state index in [0.29, 0.717) is 13.1 Å². The van der Waals surface area contributed by atoms with Gasteiger partial charge in [-0.2, -0.15) is 4.98 Å². The molecule has 1 aromatic heterocycles. The zero-order valence-electron chi connectivity index (χ0n) is 10.4. The highest BCUT2D eigenvalue weighted by molar-refractivity contribution is 5.96. The number of pyridine rings is 1. The maximum atomic E-state index is 11.9. The fourth-order valence-electron chi connectivity index (χ4n) is 2.02. The summed E-state index contributed by atoms with van der Waals surface area (Å²) in [4.78, 5) is 27.6. The van der Waals surface area contributed by atoms with Gasteiger partial charge < -0.3 is 10.5 Å². The lowest BCUT2D eigenvalue weighted by atomic mass is 10.1. The van der Waals surface area contributed by atoms with Gasteiger partial charge >= 0.3 is 5.69 Å². The lowest BCUT2D eigenvalue weighted by Gasteiger charge is -2.15. The lowest BCUT2D eigenvalue weighted by molar-refractivity contribution is -0.384. The van der Waals surface area contributed by atoms with Crippen LogP contribution in [0.5, 0.6) is 5.88 Å². The average molecular weight is 266 g/mol. The van der Waals surface area contributed by atoms with Gasteiger partial charge in [-0.3, -0.25) is 19.8 Å². The average Bonchev–Trinajstić information content (AvgIpc) is 2.79. The molecule has 19 heavy (non-hydrogen) atoms. The molecule has 1 aliphatic rings. The van der Waals surface area contributed by atoms with E-state index in [0.717, 1.165) is 0 Å². The Balaban J connectivity index is 2.42. The van der Waals surface area contributed by atoms with Crippen molar-refractivity contribution in [3.63, 3.8) is 0 Å². The van der Waals surface area contributed by atoms with Gasteiger partial charge in [0.05, 0.1) is 12.0 Å². The summed E-state index contributed by atoms with van der Waals surface area (Å²) in [6.07, 6.45) is 0.284. The van der Waals surface area contributed by atoms with Crippen molar-refractivity contribution in [3.05, 3.63) is 22.2 Å². The summed E-state index contributed by atoms with van der Waals surface area (Å²) in [6, 6.07) is 2.67. The van der Waals surface area contributed by atoms with Crippen LogP contribution in [0.3, 0.4) is 0 Å². The number of hydrogen-bond acceptors (Lipinski definition) is 6. The highest BCUT2D eigenvalue weighted by Crippen LogP contribution is 2.32. The van der Waals surface area contributed by atoms with Gasteiger partial charge in [0.2, 0.25) is 17.6 Å². The molecule has 2 rings (SSSR count). The Bertz CT molecular complexity index is 519. The summed E-state index contributed by atoms with van der Waals surface area (Å²) in [5.74, 6) is 0.0364. The Kier molecular flexibility index (Phi) is 3.61. The minimum Gasteiger partial charge on any atom is -0.481 e. The van der Waals surface area contributed by atoms with Crippen LogP contribution in [0.2, 0.25) is 0 Å². The first-order valence-electron chi connectivity index (χ1n) is 5.76. The summed E-state index contributed by atoms with van der Waals surface area (Å²) in [7, 11) is 1.41. The van der Waals surface area contributed by atoms with Crippen LogP contribution in [0.4, 0.5) is 11.5 Å². The molecule has 0 aliphatic carbocycles. The predicted molar refractivity (Wildman–Crippen MR) is 67.0 cm³/mol. The molecule has 2 N–H and O–H groups in total. The first kappa shape index (κ1) is 13.2. The van der Waals surface area contributed by atoms with E-state index in [1.807, 2.05) is 0 Å². The molecule has 1 atom stereocenters. The number of carbonyl (C=O) groups excluding carboxylic acids is 1. The first-order valence-corrected chi connectivity index (χ1v) is 5.76. The fraction of sp³-hybridized carbons (Fsp3) is 0.455. The minimum absolute atomic E-state index is 0.0000973. The van der Waals surface area contributed by atoms with Crippen molar-refractivity contribution in [2.24, 2.45) is 11.7 Å². The number of aromatic nitrogens is 1. The summed E-state index contributed by atoms with van der Waals surface area (Å²) >= 11 is 0. The van der Waals surface area contributed by atoms with Gasteiger partial charge in [-0.25, -0.2) is 0 Å². The van der Waals surface area contributed by atoms with Crippen LogP contribution >= 0.6 is 0 Å². The smallest absolute Gasteiger partial charge is 0.312 e. The van der Waals surface area contributed by atoms with E-state index in [4.69, 9.17) is 10.5 Å². The summed E-state index contributed by atoms with van der Waals surface area (Å²) in [5.41, 5.74) is 5.32. The Morgan fingerprint density at radius 2 is 2.37 bits per heavy atom. The number of hydrogen-bond donors (Lipinski definition) is 1. The van der Waals surface area contributed by atoms with Crippen LogP contribution in [0.1, 0.15) is 6.42 Å². The molecular formula is C11H14N4O4. The molecule has 1 aromatic rings. The van der Waals surface area contributed by atoms with Gasteiger partial charge in [-0.05, 0) is 12.5 Å². The van der Waals surface area contributed by atoms with Crippen molar-refractivity contribution in [3.8, 4) is 5.88 Å². The van der Waals surface area contributed by atoms with Gasteiger partial charge in [0, 0.05) is 25.1 Å². The second-order valence-corrected chi connectivity index (χ2v) is 4.26. The highest BCUT2D eigenvalue weighted by Gasteiger charge is 2.34. The third-order valence-corrected chi connectivity index (χ3v) is 3.03. The molecule has 0 spiro atoms. The molecule has 102 valence electrons. The first-order chi connectivity index (χ1) is 9.06. The van der Waals surface area contributed by atoms with Crippen molar-refractivity contribution in [2.75, 3.05) is 25.1 Å². The summed E-state index contributed by atoms with van der Waals surface area (Å²) in [5, 5.41) is 11.0. The summed E-state index contributed by atoms with van der Waals surface area (Å²) in [6.45, 7) is 0.705. The van der Waals surface area contributed by atoms with E-state index in [1.165, 1.54) is 24.1 Å². The van der Waals surface area contributed by atoms with E-state index in [2.05, 4.69) is 4.98 Å². The van der Waals surface area contributed by atoms with Crippen molar-refractivity contribution in [1.29, 1.82) is 0 Å². The number of methoxy groups -OCH3 is 1. The molecule has 8 nitrogen and oxygen atoms in total. The van der Waals surface area contributed by atoms with Crippen LogP contribution < -0.4 is 15.4 Å². The number of rotatable bonds is 4. The zero-order valence-corrected chi connectivity index (χ0v) is 10.4. The second kappa shape index (κ2) is 5.19. The van der Waals surface area contributed by atoms with Crippen LogP contribution in [-0.2, 0) is 4.79 Å². The van der Waals surface area contributed by atoms with Gasteiger partial charge in [0.15, 0.2) is 0 Å². The normalized spacial score (nSPS) is 18.7. The number of nitrogens with zero attached hydrogens (tertiary/aromatic N) is 3. The molecule has 1 amide bonds. The molecule has 1 aliphatic heterocycles. The molecule has 1 fully saturated rings. The number of anilines is 1. The van der Waals surface area contributed by atoms with Crippen LogP contribution in [0, 0.1) is 16.0 Å². The molecule has 1 saturated heterocycles. The van der Waals surface area contributed by atoms with Crippen molar-refractivity contribution < 1.29 is 14.5 Å². The van der Waals surface area contributed by atoms with Crippen LogP contribution in [0.15, 0.2) is 12.1 Å². The Labute approximate surface area is 109 Å². The monoisotopic (exact) mass is 266 g/mol. The van der Waals surface area contributed by atoms with E-state index in [-0.39, 0.29) is 35.6 Å².